The molecule has 2 rings (SSSR count). The molecule has 0 fully saturated rings. The lowest BCUT2D eigenvalue weighted by Gasteiger charge is -2.10. The molecule has 1 aromatic rings. The first-order valence-electron chi connectivity index (χ1n) is 6.28. The van der Waals surface area contributed by atoms with Crippen molar-refractivity contribution in [2.45, 2.75) is 20.3 Å². The molecule has 1 aliphatic rings. The number of nitrogens with one attached hydrogen (secondary N) is 1. The molecule has 0 unspecified atom stereocenters. The average molecular weight is 263 g/mol. The Kier molecular flexibility index (Phi) is 3.69. The van der Waals surface area contributed by atoms with Gasteiger partial charge in [-0.3, -0.25) is 15.1 Å². The minimum atomic E-state index is -0.557. The van der Waals surface area contributed by atoms with Crippen LogP contribution in [0.1, 0.15) is 25.0 Å². The normalized spacial score (nSPS) is 14.4. The zero-order chi connectivity index (χ0) is 14.0. The second-order valence-corrected chi connectivity index (χ2v) is 5.02. The van der Waals surface area contributed by atoms with Crippen molar-refractivity contribution in [1.29, 1.82) is 0 Å². The fourth-order valence-corrected chi connectivity index (χ4v) is 2.16. The molecule has 0 saturated carbocycles. The van der Waals surface area contributed by atoms with Gasteiger partial charge in [0.05, 0.1) is 17.0 Å². The summed E-state index contributed by atoms with van der Waals surface area (Å²) in [4.78, 5) is 14.7. The largest absolute Gasteiger partial charge is 0.502 e. The first-order chi connectivity index (χ1) is 8.99. The highest BCUT2D eigenvalue weighted by Gasteiger charge is 2.23. The Balaban J connectivity index is 2.51. The van der Waals surface area contributed by atoms with Crippen LogP contribution in [0, 0.1) is 16.0 Å². The number of nitro groups is 1. The zero-order valence-electron chi connectivity index (χ0n) is 11.0. The van der Waals surface area contributed by atoms with Crippen LogP contribution >= 0.6 is 0 Å². The number of hydrogen-bond acceptors (Lipinski definition) is 5. The molecule has 2 N–H and O–H groups in total. The van der Waals surface area contributed by atoms with Crippen LogP contribution in [0.5, 0.6) is 5.75 Å². The van der Waals surface area contributed by atoms with Crippen LogP contribution in [-0.2, 0) is 6.42 Å². The van der Waals surface area contributed by atoms with Crippen LogP contribution < -0.4 is 5.32 Å². The maximum atomic E-state index is 11.0. The molecule has 1 heterocycles. The Morgan fingerprint density at radius 2 is 2.26 bits per heavy atom. The molecule has 0 atom stereocenters. The third-order valence-corrected chi connectivity index (χ3v) is 2.92. The van der Waals surface area contributed by atoms with Crippen molar-refractivity contribution in [3.8, 4) is 5.75 Å². The monoisotopic (exact) mass is 263 g/mol. The van der Waals surface area contributed by atoms with Gasteiger partial charge in [-0.05, 0) is 24.0 Å². The van der Waals surface area contributed by atoms with Crippen LogP contribution in [0.15, 0.2) is 17.1 Å². The number of nitro benzene ring substituents is 1. The van der Waals surface area contributed by atoms with E-state index >= 15 is 0 Å². The van der Waals surface area contributed by atoms with Gasteiger partial charge in [-0.25, -0.2) is 0 Å². The van der Waals surface area contributed by atoms with Gasteiger partial charge in [-0.1, -0.05) is 13.8 Å². The van der Waals surface area contributed by atoms with E-state index in [0.717, 1.165) is 12.0 Å². The second-order valence-electron chi connectivity index (χ2n) is 5.02. The van der Waals surface area contributed by atoms with Gasteiger partial charge in [-0.15, -0.1) is 0 Å². The summed E-state index contributed by atoms with van der Waals surface area (Å²) in [6.07, 6.45) is 0.724. The van der Waals surface area contributed by atoms with Gasteiger partial charge in [0.1, 0.15) is 5.84 Å². The first-order valence-corrected chi connectivity index (χ1v) is 6.28. The molecule has 1 aliphatic heterocycles. The molecule has 0 aliphatic carbocycles. The van der Waals surface area contributed by atoms with Crippen molar-refractivity contribution < 1.29 is 10.0 Å². The summed E-state index contributed by atoms with van der Waals surface area (Å²) in [5, 5.41) is 24.1. The maximum Gasteiger partial charge on any atom is 0.311 e. The number of rotatable bonds is 4. The van der Waals surface area contributed by atoms with Crippen molar-refractivity contribution >= 4 is 11.5 Å². The number of phenols is 1. The standard InChI is InChI=1S/C13H17N3O3/c1-8(2)5-9-6-10(13-14-3-4-15-13)12(17)11(7-9)16(18)19/h6-8,17H,3-5H2,1-2H3,(H,14,15). The Labute approximate surface area is 111 Å². The van der Waals surface area contributed by atoms with Crippen LogP contribution in [0.25, 0.3) is 0 Å². The predicted molar refractivity (Wildman–Crippen MR) is 72.7 cm³/mol. The van der Waals surface area contributed by atoms with E-state index in [-0.39, 0.29) is 11.4 Å². The molecule has 102 valence electrons. The van der Waals surface area contributed by atoms with E-state index in [4.69, 9.17) is 0 Å². The fourth-order valence-electron chi connectivity index (χ4n) is 2.16. The molecular formula is C13H17N3O3. The van der Waals surface area contributed by atoms with E-state index in [0.29, 0.717) is 30.4 Å². The number of phenolic OH excluding ortho intramolecular Hbond substituents is 1. The Morgan fingerprint density at radius 3 is 2.79 bits per heavy atom. The molecule has 19 heavy (non-hydrogen) atoms. The lowest BCUT2D eigenvalue weighted by atomic mass is 9.99. The molecule has 0 spiro atoms. The molecule has 1 aromatic carbocycles. The van der Waals surface area contributed by atoms with E-state index < -0.39 is 4.92 Å². The van der Waals surface area contributed by atoms with Crippen molar-refractivity contribution in [2.24, 2.45) is 10.9 Å². The first kappa shape index (κ1) is 13.3. The molecule has 0 aromatic heterocycles. The lowest BCUT2D eigenvalue weighted by Crippen LogP contribution is -2.20. The molecular weight excluding hydrogens is 246 g/mol. The smallest absolute Gasteiger partial charge is 0.311 e. The van der Waals surface area contributed by atoms with Crippen LogP contribution in [0.3, 0.4) is 0 Å². The van der Waals surface area contributed by atoms with Gasteiger partial charge in [0.25, 0.3) is 0 Å². The van der Waals surface area contributed by atoms with E-state index in [1.54, 1.807) is 6.07 Å². The molecule has 0 amide bonds. The summed E-state index contributed by atoms with van der Waals surface area (Å²) in [7, 11) is 0. The highest BCUT2D eigenvalue weighted by molar-refractivity contribution is 6.03. The van der Waals surface area contributed by atoms with E-state index in [2.05, 4.69) is 10.3 Å². The van der Waals surface area contributed by atoms with Gasteiger partial charge in [0, 0.05) is 12.6 Å². The van der Waals surface area contributed by atoms with Gasteiger partial charge >= 0.3 is 5.69 Å². The van der Waals surface area contributed by atoms with Crippen molar-refractivity contribution in [2.75, 3.05) is 13.1 Å². The molecule has 6 nitrogen and oxygen atoms in total. The van der Waals surface area contributed by atoms with Crippen molar-refractivity contribution in [3.63, 3.8) is 0 Å². The summed E-state index contributed by atoms with van der Waals surface area (Å²) in [5.74, 6) is 0.604. The fraction of sp³-hybridized carbons (Fsp3) is 0.462. The van der Waals surface area contributed by atoms with Crippen LogP contribution in [0.4, 0.5) is 5.69 Å². The van der Waals surface area contributed by atoms with Gasteiger partial charge in [-0.2, -0.15) is 0 Å². The van der Waals surface area contributed by atoms with Gasteiger partial charge < -0.3 is 10.4 Å². The lowest BCUT2D eigenvalue weighted by molar-refractivity contribution is -0.385. The predicted octanol–water partition coefficient (Wildman–Crippen LogP) is 1.85. The van der Waals surface area contributed by atoms with Crippen LogP contribution in [0.2, 0.25) is 0 Å². The summed E-state index contributed by atoms with van der Waals surface area (Å²) >= 11 is 0. The number of benzene rings is 1. The second kappa shape index (κ2) is 5.26. The number of hydrogen-bond donors (Lipinski definition) is 2. The summed E-state index contributed by atoms with van der Waals surface area (Å²) in [6, 6.07) is 3.22. The Morgan fingerprint density at radius 1 is 1.53 bits per heavy atom. The topological polar surface area (TPSA) is 87.8 Å². The molecule has 0 bridgehead atoms. The number of amidine groups is 1. The van der Waals surface area contributed by atoms with E-state index in [9.17, 15) is 15.2 Å². The number of aliphatic imine (C=N–C) groups is 1. The third kappa shape index (κ3) is 2.83. The highest BCUT2D eigenvalue weighted by Crippen LogP contribution is 2.32. The summed E-state index contributed by atoms with van der Waals surface area (Å²) in [5.41, 5.74) is 0.998. The summed E-state index contributed by atoms with van der Waals surface area (Å²) < 4.78 is 0. The Bertz CT molecular complexity index is 538. The van der Waals surface area contributed by atoms with Gasteiger partial charge in [0.15, 0.2) is 0 Å². The number of nitrogens with zero attached hydrogens (tertiary/aromatic N) is 2. The number of aromatic hydroxyl groups is 1. The van der Waals surface area contributed by atoms with Crippen molar-refractivity contribution in [1.82, 2.24) is 5.32 Å². The van der Waals surface area contributed by atoms with E-state index in [1.165, 1.54) is 6.07 Å². The Hall–Kier alpha value is -2.11. The van der Waals surface area contributed by atoms with E-state index in [1.807, 2.05) is 13.8 Å². The maximum absolute atomic E-state index is 11.0. The minimum Gasteiger partial charge on any atom is -0.502 e. The SMILES string of the molecule is CC(C)Cc1cc(C2=NCCN2)c(O)c([N+](=O)[O-])c1. The molecule has 0 saturated heterocycles. The zero-order valence-corrected chi connectivity index (χ0v) is 11.0. The third-order valence-electron chi connectivity index (χ3n) is 2.92. The van der Waals surface area contributed by atoms with Crippen LogP contribution in [-0.4, -0.2) is 29.0 Å². The van der Waals surface area contributed by atoms with Crippen molar-refractivity contribution in [3.05, 3.63) is 33.4 Å². The molecule has 0 radical (unpaired) electrons. The quantitative estimate of drug-likeness (QED) is 0.641. The highest BCUT2D eigenvalue weighted by atomic mass is 16.6. The average Bonchev–Trinajstić information content (AvgIpc) is 2.83. The van der Waals surface area contributed by atoms with Gasteiger partial charge in [0.2, 0.25) is 5.75 Å². The summed E-state index contributed by atoms with van der Waals surface area (Å²) in [6.45, 7) is 5.40. The molecule has 6 heteroatoms. The minimum absolute atomic E-state index is 0.260.